The highest BCUT2D eigenvalue weighted by molar-refractivity contribution is 14.1. The SMILES string of the molecule is CC(c1ccccc1)N(C)C(=O)CI. The molecule has 0 aromatic heterocycles. The number of carbonyl (C=O) groups is 1. The fraction of sp³-hybridized carbons (Fsp3) is 0.364. The van der Waals surface area contributed by atoms with Gasteiger partial charge < -0.3 is 4.90 Å². The highest BCUT2D eigenvalue weighted by Gasteiger charge is 2.15. The van der Waals surface area contributed by atoms with Crippen LogP contribution in [0.25, 0.3) is 0 Å². The van der Waals surface area contributed by atoms with Crippen LogP contribution in [0.2, 0.25) is 0 Å². The van der Waals surface area contributed by atoms with E-state index in [9.17, 15) is 4.79 Å². The zero-order chi connectivity index (χ0) is 10.6. The van der Waals surface area contributed by atoms with E-state index in [1.807, 2.05) is 44.3 Å². The maximum absolute atomic E-state index is 11.4. The van der Waals surface area contributed by atoms with Gasteiger partial charge in [-0.05, 0) is 12.5 Å². The van der Waals surface area contributed by atoms with Gasteiger partial charge in [0.15, 0.2) is 0 Å². The van der Waals surface area contributed by atoms with Crippen LogP contribution < -0.4 is 0 Å². The quantitative estimate of drug-likeness (QED) is 0.621. The van der Waals surface area contributed by atoms with Gasteiger partial charge in [-0.1, -0.05) is 52.9 Å². The van der Waals surface area contributed by atoms with Crippen LogP contribution in [0.5, 0.6) is 0 Å². The molecule has 1 atom stereocenters. The van der Waals surface area contributed by atoms with Crippen molar-refractivity contribution in [2.45, 2.75) is 13.0 Å². The van der Waals surface area contributed by atoms with E-state index < -0.39 is 0 Å². The van der Waals surface area contributed by atoms with Gasteiger partial charge in [0, 0.05) is 7.05 Å². The molecule has 0 saturated heterocycles. The summed E-state index contributed by atoms with van der Waals surface area (Å²) in [6, 6.07) is 10.2. The van der Waals surface area contributed by atoms with Crippen LogP contribution in [0, 0.1) is 0 Å². The number of rotatable bonds is 3. The average molecular weight is 303 g/mol. The molecule has 0 heterocycles. The minimum absolute atomic E-state index is 0.151. The zero-order valence-corrected chi connectivity index (χ0v) is 10.6. The smallest absolute Gasteiger partial charge is 0.232 e. The van der Waals surface area contributed by atoms with Gasteiger partial charge in [0.1, 0.15) is 0 Å². The normalized spacial score (nSPS) is 12.2. The number of alkyl halides is 1. The lowest BCUT2D eigenvalue weighted by molar-refractivity contribution is -0.128. The van der Waals surface area contributed by atoms with Gasteiger partial charge >= 0.3 is 0 Å². The van der Waals surface area contributed by atoms with Crippen LogP contribution in [0.4, 0.5) is 0 Å². The van der Waals surface area contributed by atoms with Crippen molar-refractivity contribution in [3.8, 4) is 0 Å². The standard InChI is InChI=1S/C11H14INO/c1-9(13(2)11(14)8-12)10-6-4-3-5-7-10/h3-7,9H,8H2,1-2H3. The first kappa shape index (κ1) is 11.5. The maximum atomic E-state index is 11.4. The van der Waals surface area contributed by atoms with Crippen LogP contribution in [0.3, 0.4) is 0 Å². The van der Waals surface area contributed by atoms with E-state index in [2.05, 4.69) is 22.6 Å². The number of hydrogen-bond acceptors (Lipinski definition) is 1. The summed E-state index contributed by atoms with van der Waals surface area (Å²) in [5, 5.41) is 0. The van der Waals surface area contributed by atoms with Crippen molar-refractivity contribution in [3.63, 3.8) is 0 Å². The lowest BCUT2D eigenvalue weighted by Gasteiger charge is -2.24. The van der Waals surface area contributed by atoms with Crippen LogP contribution in [-0.2, 0) is 4.79 Å². The molecular formula is C11H14INO. The van der Waals surface area contributed by atoms with Crippen molar-refractivity contribution < 1.29 is 4.79 Å². The lowest BCUT2D eigenvalue weighted by atomic mass is 10.1. The largest absolute Gasteiger partial charge is 0.338 e. The van der Waals surface area contributed by atoms with Gasteiger partial charge in [-0.25, -0.2) is 0 Å². The van der Waals surface area contributed by atoms with Gasteiger partial charge in [0.2, 0.25) is 5.91 Å². The van der Waals surface area contributed by atoms with E-state index in [-0.39, 0.29) is 11.9 Å². The molecular weight excluding hydrogens is 289 g/mol. The highest BCUT2D eigenvalue weighted by atomic mass is 127. The molecule has 1 amide bonds. The Bertz CT molecular complexity index is 299. The van der Waals surface area contributed by atoms with Crippen LogP contribution in [0.15, 0.2) is 30.3 Å². The minimum atomic E-state index is 0.151. The van der Waals surface area contributed by atoms with Crippen LogP contribution in [-0.4, -0.2) is 22.3 Å². The molecule has 0 aliphatic rings. The second-order valence-electron chi connectivity index (χ2n) is 3.22. The first-order valence-corrected chi connectivity index (χ1v) is 6.06. The molecule has 0 N–H and O–H groups in total. The highest BCUT2D eigenvalue weighted by Crippen LogP contribution is 2.18. The monoisotopic (exact) mass is 303 g/mol. The minimum Gasteiger partial charge on any atom is -0.338 e. The molecule has 0 radical (unpaired) electrons. The van der Waals surface area contributed by atoms with Crippen molar-refractivity contribution in [1.82, 2.24) is 4.90 Å². The third-order valence-corrected chi connectivity index (χ3v) is 3.02. The van der Waals surface area contributed by atoms with E-state index in [4.69, 9.17) is 0 Å². The zero-order valence-electron chi connectivity index (χ0n) is 8.40. The van der Waals surface area contributed by atoms with Gasteiger partial charge in [0.25, 0.3) is 0 Å². The van der Waals surface area contributed by atoms with Crippen molar-refractivity contribution in [2.75, 3.05) is 11.5 Å². The molecule has 14 heavy (non-hydrogen) atoms. The van der Waals surface area contributed by atoms with Crippen LogP contribution in [0.1, 0.15) is 18.5 Å². The molecule has 76 valence electrons. The summed E-state index contributed by atoms with van der Waals surface area (Å²) in [5.74, 6) is 0.168. The van der Waals surface area contributed by atoms with Crippen molar-refractivity contribution in [1.29, 1.82) is 0 Å². The number of hydrogen-bond donors (Lipinski definition) is 0. The summed E-state index contributed by atoms with van der Waals surface area (Å²) in [4.78, 5) is 13.2. The first-order chi connectivity index (χ1) is 6.66. The number of halogens is 1. The molecule has 0 aliphatic heterocycles. The summed E-state index contributed by atoms with van der Waals surface area (Å²) in [5.41, 5.74) is 1.17. The van der Waals surface area contributed by atoms with E-state index in [1.54, 1.807) is 4.90 Å². The first-order valence-electron chi connectivity index (χ1n) is 4.53. The molecule has 1 rings (SSSR count). The Labute approximate surface area is 98.4 Å². The predicted molar refractivity (Wildman–Crippen MR) is 66.5 cm³/mol. The molecule has 0 spiro atoms. The Balaban J connectivity index is 2.75. The lowest BCUT2D eigenvalue weighted by Crippen LogP contribution is -2.30. The number of carbonyl (C=O) groups excluding carboxylic acids is 1. The van der Waals surface area contributed by atoms with E-state index in [0.29, 0.717) is 4.43 Å². The third kappa shape index (κ3) is 2.70. The Kier molecular flexibility index (Phi) is 4.38. The molecule has 0 saturated carbocycles. The predicted octanol–water partition coefficient (Wildman–Crippen LogP) is 2.64. The van der Waals surface area contributed by atoms with Gasteiger partial charge in [-0.3, -0.25) is 4.79 Å². The third-order valence-electron chi connectivity index (χ3n) is 2.37. The summed E-state index contributed by atoms with van der Waals surface area (Å²) >= 11 is 2.09. The van der Waals surface area contributed by atoms with E-state index in [1.165, 1.54) is 5.56 Å². The topological polar surface area (TPSA) is 20.3 Å². The van der Waals surface area contributed by atoms with Gasteiger partial charge in [-0.15, -0.1) is 0 Å². The molecule has 1 aromatic carbocycles. The second-order valence-corrected chi connectivity index (χ2v) is 3.99. The molecule has 1 unspecified atom stereocenters. The summed E-state index contributed by atoms with van der Waals surface area (Å²) < 4.78 is 0.533. The number of benzene rings is 1. The Morgan fingerprint density at radius 3 is 2.50 bits per heavy atom. The molecule has 2 nitrogen and oxygen atoms in total. The van der Waals surface area contributed by atoms with E-state index >= 15 is 0 Å². The maximum Gasteiger partial charge on any atom is 0.232 e. The van der Waals surface area contributed by atoms with Crippen LogP contribution >= 0.6 is 22.6 Å². The molecule has 0 bridgehead atoms. The Hall–Kier alpha value is -0.580. The molecule has 1 aromatic rings. The Morgan fingerprint density at radius 2 is 2.00 bits per heavy atom. The van der Waals surface area contributed by atoms with Crippen molar-refractivity contribution >= 4 is 28.5 Å². The van der Waals surface area contributed by atoms with Crippen molar-refractivity contribution in [3.05, 3.63) is 35.9 Å². The van der Waals surface area contributed by atoms with Crippen molar-refractivity contribution in [2.24, 2.45) is 0 Å². The molecule has 3 heteroatoms. The Morgan fingerprint density at radius 1 is 1.43 bits per heavy atom. The van der Waals surface area contributed by atoms with Gasteiger partial charge in [-0.2, -0.15) is 0 Å². The van der Waals surface area contributed by atoms with Gasteiger partial charge in [0.05, 0.1) is 10.5 Å². The second kappa shape index (κ2) is 5.34. The summed E-state index contributed by atoms with van der Waals surface area (Å²) in [6.07, 6.45) is 0. The fourth-order valence-electron chi connectivity index (χ4n) is 1.27. The fourth-order valence-corrected chi connectivity index (χ4v) is 1.80. The average Bonchev–Trinajstić information content (AvgIpc) is 2.27. The van der Waals surface area contributed by atoms with E-state index in [0.717, 1.165) is 0 Å². The molecule has 0 aliphatic carbocycles. The number of nitrogens with zero attached hydrogens (tertiary/aromatic N) is 1. The summed E-state index contributed by atoms with van der Waals surface area (Å²) in [7, 11) is 1.85. The summed E-state index contributed by atoms with van der Waals surface area (Å²) in [6.45, 7) is 2.04. The number of amides is 1. The molecule has 0 fully saturated rings.